The Morgan fingerprint density at radius 2 is 2.05 bits per heavy atom. The summed E-state index contributed by atoms with van der Waals surface area (Å²) in [7, 11) is 1.63. The highest BCUT2D eigenvalue weighted by Gasteiger charge is 2.19. The third-order valence-electron chi connectivity index (χ3n) is 3.04. The fraction of sp³-hybridized carbons (Fsp3) is 0.533. The number of nitrogen functional groups attached to an aromatic ring is 1. The lowest BCUT2D eigenvalue weighted by Gasteiger charge is -2.22. The zero-order valence-corrected chi connectivity index (χ0v) is 12.6. The van der Waals surface area contributed by atoms with Crippen molar-refractivity contribution in [3.05, 3.63) is 23.8 Å². The van der Waals surface area contributed by atoms with Crippen LogP contribution in [0.4, 0.5) is 5.69 Å². The molecule has 1 aromatic carbocycles. The maximum absolute atomic E-state index is 12.1. The molecule has 0 fully saturated rings. The Labute approximate surface area is 120 Å². The van der Waals surface area contributed by atoms with Crippen LogP contribution in [0.5, 0.6) is 5.75 Å². The Balaban J connectivity index is 2.71. The van der Waals surface area contributed by atoms with E-state index in [9.17, 15) is 4.79 Å². The van der Waals surface area contributed by atoms with Crippen LogP contribution in [0.25, 0.3) is 0 Å². The molecule has 0 unspecified atom stereocenters. The highest BCUT2D eigenvalue weighted by Crippen LogP contribution is 2.27. The first-order valence-corrected chi connectivity index (χ1v) is 6.65. The van der Waals surface area contributed by atoms with Gasteiger partial charge in [0, 0.05) is 13.5 Å². The van der Waals surface area contributed by atoms with E-state index in [1.165, 1.54) is 0 Å². The number of carbonyl (C=O) groups is 1. The second kappa shape index (κ2) is 7.14. The van der Waals surface area contributed by atoms with Crippen LogP contribution in [-0.2, 0) is 9.47 Å². The SMILES string of the molecule is CCOc1c(N)cccc1C(=O)OCCC(C)(C)OC. The molecule has 0 aliphatic heterocycles. The van der Waals surface area contributed by atoms with Gasteiger partial charge in [-0.05, 0) is 32.9 Å². The lowest BCUT2D eigenvalue weighted by molar-refractivity contribution is -0.00571. The monoisotopic (exact) mass is 281 g/mol. The molecule has 112 valence electrons. The Bertz CT molecular complexity index is 457. The topological polar surface area (TPSA) is 70.8 Å². The molecule has 0 spiro atoms. The zero-order valence-electron chi connectivity index (χ0n) is 12.6. The lowest BCUT2D eigenvalue weighted by Crippen LogP contribution is -2.25. The minimum atomic E-state index is -0.437. The second-order valence-electron chi connectivity index (χ2n) is 5.01. The molecule has 1 rings (SSSR count). The number of ether oxygens (including phenoxy) is 3. The van der Waals surface area contributed by atoms with E-state index in [1.807, 2.05) is 20.8 Å². The molecule has 0 aromatic heterocycles. The zero-order chi connectivity index (χ0) is 15.2. The number of carbonyl (C=O) groups excluding carboxylic acids is 1. The van der Waals surface area contributed by atoms with Gasteiger partial charge >= 0.3 is 5.97 Å². The van der Waals surface area contributed by atoms with Gasteiger partial charge in [0.15, 0.2) is 5.75 Å². The van der Waals surface area contributed by atoms with Crippen LogP contribution in [-0.4, -0.2) is 31.9 Å². The van der Waals surface area contributed by atoms with Crippen LogP contribution in [0, 0.1) is 0 Å². The molecule has 0 bridgehead atoms. The molecule has 0 heterocycles. The van der Waals surface area contributed by atoms with E-state index in [1.54, 1.807) is 25.3 Å². The quantitative estimate of drug-likeness (QED) is 0.614. The second-order valence-corrected chi connectivity index (χ2v) is 5.01. The molecule has 1 aromatic rings. The number of hydrogen-bond acceptors (Lipinski definition) is 5. The van der Waals surface area contributed by atoms with Gasteiger partial charge in [-0.25, -0.2) is 4.79 Å². The Hall–Kier alpha value is -1.75. The number of para-hydroxylation sites is 1. The van der Waals surface area contributed by atoms with E-state index in [0.29, 0.717) is 30.0 Å². The summed E-state index contributed by atoms with van der Waals surface area (Å²) in [6.07, 6.45) is 0.613. The van der Waals surface area contributed by atoms with Crippen molar-refractivity contribution in [2.24, 2.45) is 0 Å². The Morgan fingerprint density at radius 3 is 2.65 bits per heavy atom. The summed E-state index contributed by atoms with van der Waals surface area (Å²) in [6.45, 7) is 6.42. The molecule has 0 aliphatic rings. The largest absolute Gasteiger partial charge is 0.491 e. The Morgan fingerprint density at radius 1 is 1.35 bits per heavy atom. The van der Waals surface area contributed by atoms with Gasteiger partial charge in [0.05, 0.1) is 24.5 Å². The van der Waals surface area contributed by atoms with Crippen LogP contribution in [0.2, 0.25) is 0 Å². The molecule has 5 heteroatoms. The van der Waals surface area contributed by atoms with Gasteiger partial charge in [0.2, 0.25) is 0 Å². The first kappa shape index (κ1) is 16.3. The molecular weight excluding hydrogens is 258 g/mol. The minimum Gasteiger partial charge on any atom is -0.491 e. The van der Waals surface area contributed by atoms with Crippen molar-refractivity contribution in [1.29, 1.82) is 0 Å². The normalized spacial score (nSPS) is 11.2. The van der Waals surface area contributed by atoms with Crippen molar-refractivity contribution in [3.63, 3.8) is 0 Å². The highest BCUT2D eigenvalue weighted by atomic mass is 16.5. The van der Waals surface area contributed by atoms with Gasteiger partial charge in [0.1, 0.15) is 5.56 Å². The summed E-state index contributed by atoms with van der Waals surface area (Å²) in [5, 5.41) is 0. The molecule has 0 aliphatic carbocycles. The van der Waals surface area contributed by atoms with E-state index in [4.69, 9.17) is 19.9 Å². The van der Waals surface area contributed by atoms with E-state index in [0.717, 1.165) is 0 Å². The van der Waals surface area contributed by atoms with Crippen molar-refractivity contribution < 1.29 is 19.0 Å². The van der Waals surface area contributed by atoms with Crippen LogP contribution < -0.4 is 10.5 Å². The summed E-state index contributed by atoms with van der Waals surface area (Å²) in [5.74, 6) is -0.0568. The molecule has 0 radical (unpaired) electrons. The van der Waals surface area contributed by atoms with Crippen LogP contribution in [0.15, 0.2) is 18.2 Å². The highest BCUT2D eigenvalue weighted by molar-refractivity contribution is 5.94. The number of benzene rings is 1. The summed E-state index contributed by atoms with van der Waals surface area (Å²) in [4.78, 5) is 12.1. The fourth-order valence-electron chi connectivity index (χ4n) is 1.59. The van der Waals surface area contributed by atoms with E-state index in [2.05, 4.69) is 0 Å². The smallest absolute Gasteiger partial charge is 0.342 e. The lowest BCUT2D eigenvalue weighted by atomic mass is 10.1. The number of anilines is 1. The Kier molecular flexibility index (Phi) is 5.82. The maximum Gasteiger partial charge on any atom is 0.342 e. The number of esters is 1. The average Bonchev–Trinajstić information content (AvgIpc) is 2.41. The standard InChI is InChI=1S/C15H23NO4/c1-5-19-13-11(7-6-8-12(13)16)14(17)20-10-9-15(2,3)18-4/h6-8H,5,9-10,16H2,1-4H3. The van der Waals surface area contributed by atoms with Crippen molar-refractivity contribution in [1.82, 2.24) is 0 Å². The van der Waals surface area contributed by atoms with Gasteiger partial charge in [-0.2, -0.15) is 0 Å². The van der Waals surface area contributed by atoms with Gasteiger partial charge in [-0.15, -0.1) is 0 Å². The minimum absolute atomic E-state index is 0.278. The maximum atomic E-state index is 12.1. The van der Waals surface area contributed by atoms with Crippen molar-refractivity contribution in [3.8, 4) is 5.75 Å². The van der Waals surface area contributed by atoms with E-state index >= 15 is 0 Å². The number of rotatable bonds is 7. The predicted molar refractivity (Wildman–Crippen MR) is 78.0 cm³/mol. The van der Waals surface area contributed by atoms with Gasteiger partial charge in [-0.3, -0.25) is 0 Å². The van der Waals surface area contributed by atoms with Crippen molar-refractivity contribution in [2.45, 2.75) is 32.8 Å². The number of methoxy groups -OCH3 is 1. The number of hydrogen-bond donors (Lipinski definition) is 1. The molecule has 0 atom stereocenters. The molecule has 0 saturated carbocycles. The third kappa shape index (κ3) is 4.42. The van der Waals surface area contributed by atoms with Gasteiger partial charge in [-0.1, -0.05) is 6.07 Å². The third-order valence-corrected chi connectivity index (χ3v) is 3.04. The van der Waals surface area contributed by atoms with Gasteiger partial charge in [0.25, 0.3) is 0 Å². The summed E-state index contributed by atoms with van der Waals surface area (Å²) < 4.78 is 15.9. The van der Waals surface area contributed by atoms with Crippen molar-refractivity contribution in [2.75, 3.05) is 26.1 Å². The molecule has 0 amide bonds. The van der Waals surface area contributed by atoms with E-state index in [-0.39, 0.29) is 12.2 Å². The molecule has 0 saturated heterocycles. The van der Waals surface area contributed by atoms with E-state index < -0.39 is 5.97 Å². The average molecular weight is 281 g/mol. The molecule has 5 nitrogen and oxygen atoms in total. The van der Waals surface area contributed by atoms with Crippen LogP contribution in [0.3, 0.4) is 0 Å². The van der Waals surface area contributed by atoms with Crippen LogP contribution >= 0.6 is 0 Å². The predicted octanol–water partition coefficient (Wildman–Crippen LogP) is 2.64. The van der Waals surface area contributed by atoms with Crippen molar-refractivity contribution >= 4 is 11.7 Å². The number of nitrogens with two attached hydrogens (primary N) is 1. The molecule has 20 heavy (non-hydrogen) atoms. The van der Waals surface area contributed by atoms with Gasteiger partial charge < -0.3 is 19.9 Å². The first-order valence-electron chi connectivity index (χ1n) is 6.65. The fourth-order valence-corrected chi connectivity index (χ4v) is 1.59. The summed E-state index contributed by atoms with van der Waals surface area (Å²) in [6, 6.07) is 5.04. The first-order chi connectivity index (χ1) is 9.41. The summed E-state index contributed by atoms with van der Waals surface area (Å²) in [5.41, 5.74) is 6.27. The van der Waals surface area contributed by atoms with Crippen LogP contribution in [0.1, 0.15) is 37.6 Å². The molecular formula is C15H23NO4. The summed E-state index contributed by atoms with van der Waals surface area (Å²) >= 11 is 0. The molecule has 2 N–H and O–H groups in total.